The van der Waals surface area contributed by atoms with E-state index >= 15 is 0 Å². The summed E-state index contributed by atoms with van der Waals surface area (Å²) in [5, 5.41) is 17.6. The second-order valence-electron chi connectivity index (χ2n) is 8.86. The highest BCUT2D eigenvalue weighted by Crippen LogP contribution is 2.35. The number of piperidine rings is 1. The molecule has 1 aromatic carbocycles. The third kappa shape index (κ3) is 6.04. The summed E-state index contributed by atoms with van der Waals surface area (Å²) in [5.74, 6) is 3.34. The Morgan fingerprint density at radius 2 is 2.00 bits per heavy atom. The van der Waals surface area contributed by atoms with Crippen molar-refractivity contribution in [1.29, 1.82) is 0 Å². The van der Waals surface area contributed by atoms with Gasteiger partial charge in [0.05, 0.1) is 13.7 Å². The zero-order valence-corrected chi connectivity index (χ0v) is 20.0. The molecule has 0 spiro atoms. The number of ether oxygens (including phenoxy) is 1. The smallest absolute Gasteiger partial charge is 0.191 e. The van der Waals surface area contributed by atoms with Crippen molar-refractivity contribution in [2.75, 3.05) is 40.3 Å². The van der Waals surface area contributed by atoms with Crippen LogP contribution in [0.1, 0.15) is 49.8 Å². The normalized spacial score (nSPS) is 21.8. The van der Waals surface area contributed by atoms with Gasteiger partial charge in [0.1, 0.15) is 22.9 Å². The number of benzene rings is 1. The van der Waals surface area contributed by atoms with Gasteiger partial charge < -0.3 is 24.9 Å². The third-order valence-corrected chi connectivity index (χ3v) is 6.16. The fourth-order valence-electron chi connectivity index (χ4n) is 4.41. The van der Waals surface area contributed by atoms with Gasteiger partial charge in [-0.15, -0.1) is 0 Å². The molecule has 1 aliphatic heterocycles. The van der Waals surface area contributed by atoms with Gasteiger partial charge in [0.15, 0.2) is 5.96 Å². The average Bonchev–Trinajstić information content (AvgIpc) is 3.23. The van der Waals surface area contributed by atoms with Crippen LogP contribution in [0.5, 0.6) is 5.75 Å². The molecule has 2 heterocycles. The van der Waals surface area contributed by atoms with Crippen LogP contribution in [-0.4, -0.2) is 56.3 Å². The van der Waals surface area contributed by atoms with Crippen molar-refractivity contribution >= 4 is 5.96 Å². The molecule has 0 radical (unpaired) electrons. The predicted molar refractivity (Wildman–Crippen MR) is 128 cm³/mol. The molecule has 1 aromatic heterocycles. The fourth-order valence-corrected chi connectivity index (χ4v) is 4.41. The van der Waals surface area contributed by atoms with E-state index in [0.29, 0.717) is 23.7 Å². The molecule has 3 unspecified atom stereocenters. The minimum absolute atomic E-state index is 0.210. The first-order valence-corrected chi connectivity index (χ1v) is 11.5. The van der Waals surface area contributed by atoms with E-state index < -0.39 is 5.60 Å². The number of rotatable bonds is 8. The molecule has 3 atom stereocenters. The van der Waals surface area contributed by atoms with Crippen LogP contribution in [0.15, 0.2) is 45.8 Å². The summed E-state index contributed by atoms with van der Waals surface area (Å²) in [7, 11) is 3.89. The standard InChI is InChI=1S/C25H38N4O3/c1-6-26-24(28-17-25(3,30)22-14-9-18(2)32-22)27-16-20-8-7-15-29(4)23(20)19-10-12-21(31-5)13-11-19/h9-14,20,23,30H,6-8,15-17H2,1-5H3,(H2,26,27,28). The number of guanidine groups is 1. The van der Waals surface area contributed by atoms with E-state index in [2.05, 4.69) is 39.7 Å². The van der Waals surface area contributed by atoms with E-state index in [4.69, 9.17) is 9.15 Å². The summed E-state index contributed by atoms with van der Waals surface area (Å²) in [6.07, 6.45) is 2.33. The molecule has 176 valence electrons. The summed E-state index contributed by atoms with van der Waals surface area (Å²) in [6, 6.07) is 12.4. The number of hydrogen-bond donors (Lipinski definition) is 3. The summed E-state index contributed by atoms with van der Waals surface area (Å²) in [5.41, 5.74) is 0.144. The van der Waals surface area contributed by atoms with Gasteiger partial charge in [0.25, 0.3) is 0 Å². The number of aryl methyl sites for hydroxylation is 1. The van der Waals surface area contributed by atoms with E-state index in [1.54, 1.807) is 14.0 Å². The van der Waals surface area contributed by atoms with Crippen LogP contribution < -0.4 is 15.4 Å². The van der Waals surface area contributed by atoms with E-state index in [9.17, 15) is 5.11 Å². The van der Waals surface area contributed by atoms with E-state index in [0.717, 1.165) is 37.6 Å². The van der Waals surface area contributed by atoms with Crippen molar-refractivity contribution in [2.24, 2.45) is 10.9 Å². The highest BCUT2D eigenvalue weighted by atomic mass is 16.5. The Morgan fingerprint density at radius 1 is 1.25 bits per heavy atom. The third-order valence-electron chi connectivity index (χ3n) is 6.16. The van der Waals surface area contributed by atoms with Crippen LogP contribution in [0, 0.1) is 12.8 Å². The molecule has 0 bridgehead atoms. The van der Waals surface area contributed by atoms with Gasteiger partial charge >= 0.3 is 0 Å². The quantitative estimate of drug-likeness (QED) is 0.429. The second kappa shape index (κ2) is 10.9. The van der Waals surface area contributed by atoms with Gasteiger partial charge in [-0.3, -0.25) is 4.90 Å². The molecular formula is C25H38N4O3. The maximum absolute atomic E-state index is 10.8. The van der Waals surface area contributed by atoms with Crippen molar-refractivity contribution in [3.8, 4) is 5.75 Å². The number of nitrogens with one attached hydrogen (secondary N) is 2. The Bertz CT molecular complexity index is 876. The summed E-state index contributed by atoms with van der Waals surface area (Å²) in [4.78, 5) is 7.09. The topological polar surface area (TPSA) is 82.3 Å². The number of methoxy groups -OCH3 is 1. The number of aliphatic imine (C=N–C) groups is 1. The van der Waals surface area contributed by atoms with Crippen LogP contribution in [0.4, 0.5) is 0 Å². The van der Waals surface area contributed by atoms with Crippen molar-refractivity contribution in [3.05, 3.63) is 53.5 Å². The van der Waals surface area contributed by atoms with E-state index in [1.165, 1.54) is 12.0 Å². The first-order valence-electron chi connectivity index (χ1n) is 11.5. The molecule has 1 saturated heterocycles. The Labute approximate surface area is 191 Å². The molecule has 7 nitrogen and oxygen atoms in total. The molecule has 0 saturated carbocycles. The monoisotopic (exact) mass is 442 g/mol. The van der Waals surface area contributed by atoms with Gasteiger partial charge in [0, 0.05) is 19.1 Å². The maximum atomic E-state index is 10.8. The Morgan fingerprint density at radius 3 is 2.62 bits per heavy atom. The predicted octanol–water partition coefficient (Wildman–Crippen LogP) is 3.44. The molecule has 1 fully saturated rings. The van der Waals surface area contributed by atoms with Crippen molar-refractivity contribution in [2.45, 2.75) is 45.3 Å². The SMILES string of the molecule is CCNC(=NCC(C)(O)c1ccc(C)o1)NCC1CCCN(C)C1c1ccc(OC)cc1. The lowest BCUT2D eigenvalue weighted by Crippen LogP contribution is -2.45. The Kier molecular flexibility index (Phi) is 8.21. The van der Waals surface area contributed by atoms with Crippen LogP contribution >= 0.6 is 0 Å². The molecule has 0 amide bonds. The van der Waals surface area contributed by atoms with Crippen LogP contribution in [0.25, 0.3) is 0 Å². The minimum Gasteiger partial charge on any atom is -0.497 e. The van der Waals surface area contributed by atoms with Gasteiger partial charge in [-0.25, -0.2) is 4.99 Å². The molecule has 0 aliphatic carbocycles. The number of hydrogen-bond acceptors (Lipinski definition) is 5. The van der Waals surface area contributed by atoms with Gasteiger partial charge in [0.2, 0.25) is 0 Å². The first-order chi connectivity index (χ1) is 15.3. The Hall–Kier alpha value is -2.51. The molecule has 3 N–H and O–H groups in total. The van der Waals surface area contributed by atoms with Gasteiger partial charge in [-0.05, 0) is 83.0 Å². The first kappa shape index (κ1) is 24.1. The minimum atomic E-state index is -1.16. The lowest BCUT2D eigenvalue weighted by Gasteiger charge is -2.40. The number of aliphatic hydroxyl groups is 1. The molecule has 2 aromatic rings. The molecule has 3 rings (SSSR count). The molecule has 1 aliphatic rings. The van der Waals surface area contributed by atoms with Gasteiger partial charge in [-0.2, -0.15) is 0 Å². The Balaban J connectivity index is 1.69. The summed E-state index contributed by atoms with van der Waals surface area (Å²) >= 11 is 0. The van der Waals surface area contributed by atoms with Crippen molar-refractivity contribution in [1.82, 2.24) is 15.5 Å². The molecular weight excluding hydrogens is 404 g/mol. The maximum Gasteiger partial charge on any atom is 0.191 e. The molecule has 32 heavy (non-hydrogen) atoms. The number of nitrogens with zero attached hydrogens (tertiary/aromatic N) is 2. The zero-order chi connectivity index (χ0) is 23.1. The van der Waals surface area contributed by atoms with Crippen LogP contribution in [-0.2, 0) is 5.60 Å². The van der Waals surface area contributed by atoms with E-state index in [1.807, 2.05) is 38.1 Å². The highest BCUT2D eigenvalue weighted by molar-refractivity contribution is 5.79. The fraction of sp³-hybridized carbons (Fsp3) is 0.560. The van der Waals surface area contributed by atoms with E-state index in [-0.39, 0.29) is 6.54 Å². The zero-order valence-electron chi connectivity index (χ0n) is 20.0. The summed E-state index contributed by atoms with van der Waals surface area (Å²) in [6.45, 7) is 8.49. The van der Waals surface area contributed by atoms with Crippen LogP contribution in [0.2, 0.25) is 0 Å². The van der Waals surface area contributed by atoms with Crippen molar-refractivity contribution in [3.63, 3.8) is 0 Å². The largest absolute Gasteiger partial charge is 0.497 e. The molecule has 7 heteroatoms. The van der Waals surface area contributed by atoms with Crippen molar-refractivity contribution < 1.29 is 14.3 Å². The average molecular weight is 443 g/mol. The second-order valence-corrected chi connectivity index (χ2v) is 8.86. The highest BCUT2D eigenvalue weighted by Gasteiger charge is 2.31. The number of likely N-dealkylation sites (tertiary alicyclic amines) is 1. The summed E-state index contributed by atoms with van der Waals surface area (Å²) < 4.78 is 10.9. The number of furan rings is 1. The lowest BCUT2D eigenvalue weighted by atomic mass is 9.85. The lowest BCUT2D eigenvalue weighted by molar-refractivity contribution is 0.0428. The van der Waals surface area contributed by atoms with Gasteiger partial charge in [-0.1, -0.05) is 12.1 Å². The van der Waals surface area contributed by atoms with Crippen LogP contribution in [0.3, 0.4) is 0 Å².